The summed E-state index contributed by atoms with van der Waals surface area (Å²) in [5.41, 5.74) is 3.35. The van der Waals surface area contributed by atoms with Gasteiger partial charge in [-0.3, -0.25) is 19.3 Å². The number of carbonyl (C=O) groups excluding carboxylic acids is 3. The third-order valence-corrected chi connectivity index (χ3v) is 7.36. The summed E-state index contributed by atoms with van der Waals surface area (Å²) in [6, 6.07) is 16.4. The van der Waals surface area contributed by atoms with Crippen LogP contribution in [0.25, 0.3) is 5.57 Å². The van der Waals surface area contributed by atoms with Crippen LogP contribution in [0.1, 0.15) is 50.7 Å². The number of carbonyl (C=O) groups is 3. The van der Waals surface area contributed by atoms with Crippen LogP contribution in [0.4, 0.5) is 0 Å². The predicted octanol–water partition coefficient (Wildman–Crippen LogP) is 3.67. The van der Waals surface area contributed by atoms with Crippen molar-refractivity contribution in [2.75, 3.05) is 40.3 Å². The van der Waals surface area contributed by atoms with Gasteiger partial charge in [0.1, 0.15) is 17.8 Å². The Balaban J connectivity index is 1.77. The van der Waals surface area contributed by atoms with Gasteiger partial charge < -0.3 is 20.3 Å². The largest absolute Gasteiger partial charge is 0.497 e. The second-order valence-electron chi connectivity index (χ2n) is 10.3. The maximum atomic E-state index is 13.5. The van der Waals surface area contributed by atoms with Gasteiger partial charge in [0.2, 0.25) is 17.7 Å². The van der Waals surface area contributed by atoms with Crippen LogP contribution in [0.5, 0.6) is 5.75 Å². The summed E-state index contributed by atoms with van der Waals surface area (Å²) >= 11 is 0. The molecule has 1 saturated heterocycles. The van der Waals surface area contributed by atoms with E-state index in [1.807, 2.05) is 42.5 Å². The van der Waals surface area contributed by atoms with E-state index in [0.29, 0.717) is 25.8 Å². The smallest absolute Gasteiger partial charge is 0.245 e. The first-order valence-corrected chi connectivity index (χ1v) is 14.3. The Kier molecular flexibility index (Phi) is 12.2. The van der Waals surface area contributed by atoms with E-state index >= 15 is 0 Å². The van der Waals surface area contributed by atoms with Gasteiger partial charge in [-0.15, -0.1) is 0 Å². The first-order chi connectivity index (χ1) is 19.3. The maximum Gasteiger partial charge on any atom is 0.245 e. The Labute approximate surface area is 238 Å². The van der Waals surface area contributed by atoms with Gasteiger partial charge in [-0.1, -0.05) is 55.5 Å². The van der Waals surface area contributed by atoms with Gasteiger partial charge in [-0.2, -0.15) is 0 Å². The topological polar surface area (TPSA) is 91.0 Å². The number of amides is 3. The highest BCUT2D eigenvalue weighted by Crippen LogP contribution is 2.18. The lowest BCUT2D eigenvalue weighted by atomic mass is 10.0. The van der Waals surface area contributed by atoms with Crippen LogP contribution in [0.3, 0.4) is 0 Å². The minimum Gasteiger partial charge on any atom is -0.497 e. The molecule has 0 aliphatic carbocycles. The summed E-state index contributed by atoms with van der Waals surface area (Å²) in [7, 11) is 3.22. The number of methoxy groups -OCH3 is 1. The molecule has 40 heavy (non-hydrogen) atoms. The maximum absolute atomic E-state index is 13.5. The lowest BCUT2D eigenvalue weighted by molar-refractivity contribution is -0.141. The monoisotopic (exact) mass is 548 g/mol. The average Bonchev–Trinajstić information content (AvgIpc) is 2.97. The number of nitrogens with one attached hydrogen (secondary N) is 2. The molecule has 2 aromatic rings. The molecular weight excluding hydrogens is 504 g/mol. The molecule has 0 bridgehead atoms. The molecule has 8 heteroatoms. The number of hydrogen-bond donors (Lipinski definition) is 2. The van der Waals surface area contributed by atoms with Gasteiger partial charge in [-0.05, 0) is 61.6 Å². The Morgan fingerprint density at radius 1 is 1.02 bits per heavy atom. The number of rotatable bonds is 7. The summed E-state index contributed by atoms with van der Waals surface area (Å²) in [5.74, 6) is 0.0556. The highest BCUT2D eigenvalue weighted by Gasteiger charge is 2.30. The molecule has 0 aromatic heterocycles. The lowest BCUT2D eigenvalue weighted by Gasteiger charge is -2.29. The van der Waals surface area contributed by atoms with E-state index < -0.39 is 12.1 Å². The minimum atomic E-state index is -0.778. The first kappa shape index (κ1) is 30.9. The van der Waals surface area contributed by atoms with Crippen LogP contribution in [0.2, 0.25) is 0 Å². The average molecular weight is 549 g/mol. The number of nitrogens with zero attached hydrogens (tertiary/aromatic N) is 2. The Bertz CT molecular complexity index is 1130. The van der Waals surface area contributed by atoms with Crippen molar-refractivity contribution < 1.29 is 19.1 Å². The highest BCUT2D eigenvalue weighted by molar-refractivity contribution is 5.92. The molecule has 216 valence electrons. The molecule has 0 spiro atoms. The molecule has 3 rings (SSSR count). The van der Waals surface area contributed by atoms with Crippen molar-refractivity contribution in [1.29, 1.82) is 0 Å². The second kappa shape index (κ2) is 15.8. The molecule has 2 N–H and O–H groups in total. The zero-order valence-electron chi connectivity index (χ0n) is 24.3. The summed E-state index contributed by atoms with van der Waals surface area (Å²) in [6.45, 7) is 6.67. The number of benzene rings is 2. The van der Waals surface area contributed by atoms with Crippen molar-refractivity contribution >= 4 is 23.3 Å². The first-order valence-electron chi connectivity index (χ1n) is 14.3. The van der Waals surface area contributed by atoms with Crippen molar-refractivity contribution in [2.45, 2.75) is 58.0 Å². The van der Waals surface area contributed by atoms with Crippen molar-refractivity contribution in [1.82, 2.24) is 20.4 Å². The summed E-state index contributed by atoms with van der Waals surface area (Å²) in [5, 5.41) is 5.95. The standard InChI is InChI=1S/C32H44N4O4/c1-5-11-27(26-12-7-6-8-13-26)23-36-20-9-14-30(37)34-29(22-25-15-17-28(40-4)18-16-25)32(39)35(3)24(2)31(38)33-19-10-21-36/h6-8,11-13,15-18,24,29H,5,9-10,14,19-23H2,1-4H3,(H,33,38)(H,34,37)/b27-11-/t24-,29-/m0/s1. The number of allylic oxidation sites excluding steroid dienone is 1. The molecule has 2 aromatic carbocycles. The predicted molar refractivity (Wildman–Crippen MR) is 159 cm³/mol. The van der Waals surface area contributed by atoms with E-state index in [1.165, 1.54) is 16.0 Å². The van der Waals surface area contributed by atoms with Gasteiger partial charge in [0.05, 0.1) is 7.11 Å². The van der Waals surface area contributed by atoms with E-state index in [-0.39, 0.29) is 17.7 Å². The van der Waals surface area contributed by atoms with Gasteiger partial charge in [0, 0.05) is 39.5 Å². The molecule has 0 unspecified atom stereocenters. The quantitative estimate of drug-likeness (QED) is 0.551. The van der Waals surface area contributed by atoms with Gasteiger partial charge >= 0.3 is 0 Å². The van der Waals surface area contributed by atoms with Gasteiger partial charge in [0.25, 0.3) is 0 Å². The van der Waals surface area contributed by atoms with Crippen LogP contribution in [0, 0.1) is 0 Å². The zero-order chi connectivity index (χ0) is 28.9. The lowest BCUT2D eigenvalue weighted by Crippen LogP contribution is -2.54. The number of hydrogen-bond acceptors (Lipinski definition) is 5. The van der Waals surface area contributed by atoms with Gasteiger partial charge in [-0.25, -0.2) is 0 Å². The van der Waals surface area contributed by atoms with E-state index in [9.17, 15) is 14.4 Å². The molecule has 8 nitrogen and oxygen atoms in total. The Morgan fingerprint density at radius 2 is 1.73 bits per heavy atom. The highest BCUT2D eigenvalue weighted by atomic mass is 16.5. The Morgan fingerprint density at radius 3 is 2.40 bits per heavy atom. The molecule has 1 fully saturated rings. The Hall–Kier alpha value is -3.65. The van der Waals surface area contributed by atoms with E-state index in [0.717, 1.165) is 43.8 Å². The molecule has 3 amide bonds. The zero-order valence-corrected chi connectivity index (χ0v) is 24.3. The molecule has 1 aliphatic heterocycles. The van der Waals surface area contributed by atoms with Crippen LogP contribution in [-0.2, 0) is 20.8 Å². The molecular formula is C32H44N4O4. The van der Waals surface area contributed by atoms with Crippen molar-refractivity contribution in [2.24, 2.45) is 0 Å². The summed E-state index contributed by atoms with van der Waals surface area (Å²) < 4.78 is 5.24. The second-order valence-corrected chi connectivity index (χ2v) is 10.3. The molecule has 0 saturated carbocycles. The fraction of sp³-hybridized carbons (Fsp3) is 0.469. The molecule has 1 aliphatic rings. The van der Waals surface area contributed by atoms with E-state index in [4.69, 9.17) is 4.74 Å². The summed E-state index contributed by atoms with van der Waals surface area (Å²) in [6.07, 6.45) is 5.27. The van der Waals surface area contributed by atoms with Crippen molar-refractivity contribution in [3.05, 3.63) is 71.8 Å². The van der Waals surface area contributed by atoms with E-state index in [2.05, 4.69) is 40.7 Å². The van der Waals surface area contributed by atoms with Crippen LogP contribution in [-0.4, -0.2) is 79.9 Å². The number of likely N-dealkylation sites (N-methyl/N-ethyl adjacent to an activating group) is 1. The SMILES string of the molecule is CC/C=C(/CN1CCCNC(=O)[C@H](C)N(C)C(=O)[C@H](Cc2ccc(OC)cc2)NC(=O)CCC1)c1ccccc1. The molecule has 1 heterocycles. The third-order valence-electron chi connectivity index (χ3n) is 7.36. The fourth-order valence-corrected chi connectivity index (χ4v) is 4.88. The van der Waals surface area contributed by atoms with Crippen molar-refractivity contribution in [3.63, 3.8) is 0 Å². The number of ether oxygens (including phenoxy) is 1. The van der Waals surface area contributed by atoms with Crippen molar-refractivity contribution in [3.8, 4) is 5.75 Å². The normalized spacial score (nSPS) is 20.8. The third kappa shape index (κ3) is 9.23. The molecule has 0 radical (unpaired) electrons. The van der Waals surface area contributed by atoms with Crippen LogP contribution in [0.15, 0.2) is 60.7 Å². The van der Waals surface area contributed by atoms with E-state index in [1.54, 1.807) is 21.1 Å². The van der Waals surface area contributed by atoms with Crippen LogP contribution >= 0.6 is 0 Å². The fourth-order valence-electron chi connectivity index (χ4n) is 4.88. The molecule has 2 atom stereocenters. The minimum absolute atomic E-state index is 0.167. The van der Waals surface area contributed by atoms with Crippen LogP contribution < -0.4 is 15.4 Å². The van der Waals surface area contributed by atoms with Gasteiger partial charge in [0.15, 0.2) is 0 Å². The summed E-state index contributed by atoms with van der Waals surface area (Å²) in [4.78, 5) is 43.2.